The van der Waals surface area contributed by atoms with Crippen molar-refractivity contribution in [3.05, 3.63) is 69.1 Å². The first-order chi connectivity index (χ1) is 16.0. The van der Waals surface area contributed by atoms with Crippen LogP contribution in [0.5, 0.6) is 5.75 Å². The Morgan fingerprint density at radius 1 is 1.15 bits per heavy atom. The molecule has 1 atom stereocenters. The van der Waals surface area contributed by atoms with Gasteiger partial charge in [-0.2, -0.15) is 0 Å². The highest BCUT2D eigenvalue weighted by atomic mass is 79.9. The minimum atomic E-state index is -3.74. The van der Waals surface area contributed by atoms with Gasteiger partial charge in [0, 0.05) is 33.7 Å². The number of hydrogen-bond donors (Lipinski definition) is 1. The standard InChI is InChI=1S/C24H25Br2NO6S/c1-14-4-6-19(7-5-14)34(30,31)27-9-8-21(28)32-23-16(3)24-20(15(2)10-22(29)33-24)12-17(23)11-18(26)13-25/h4-7,10,12,18,27H,8-9,11,13H2,1-3H3. The summed E-state index contributed by atoms with van der Waals surface area (Å²) in [5.74, 6) is -0.284. The molecule has 1 N–H and O–H groups in total. The van der Waals surface area contributed by atoms with Gasteiger partial charge in [0.05, 0.1) is 11.3 Å². The Morgan fingerprint density at radius 2 is 1.82 bits per heavy atom. The van der Waals surface area contributed by atoms with E-state index in [9.17, 15) is 18.0 Å². The molecule has 1 unspecified atom stereocenters. The van der Waals surface area contributed by atoms with Crippen molar-refractivity contribution in [3.63, 3.8) is 0 Å². The number of aryl methyl sites for hydroxylation is 3. The van der Waals surface area contributed by atoms with Crippen LogP contribution in [0.3, 0.4) is 0 Å². The number of ether oxygens (including phenoxy) is 1. The van der Waals surface area contributed by atoms with Crippen LogP contribution in [-0.2, 0) is 21.2 Å². The Balaban J connectivity index is 1.81. The lowest BCUT2D eigenvalue weighted by Crippen LogP contribution is -2.27. The van der Waals surface area contributed by atoms with Crippen molar-refractivity contribution in [1.82, 2.24) is 4.72 Å². The van der Waals surface area contributed by atoms with Crippen molar-refractivity contribution < 1.29 is 22.4 Å². The van der Waals surface area contributed by atoms with Gasteiger partial charge < -0.3 is 9.15 Å². The van der Waals surface area contributed by atoms with E-state index < -0.39 is 21.6 Å². The molecule has 34 heavy (non-hydrogen) atoms. The number of alkyl halides is 2. The fourth-order valence-electron chi connectivity index (χ4n) is 3.50. The van der Waals surface area contributed by atoms with Crippen LogP contribution >= 0.6 is 31.9 Å². The third-order valence-corrected chi connectivity index (χ3v) is 9.05. The van der Waals surface area contributed by atoms with E-state index in [0.29, 0.717) is 28.6 Å². The molecule has 0 spiro atoms. The molecule has 0 bridgehead atoms. The zero-order valence-corrected chi connectivity index (χ0v) is 23.0. The molecule has 0 fully saturated rings. The fourth-order valence-corrected chi connectivity index (χ4v) is 5.11. The molecular formula is C24H25Br2NO6S. The molecule has 0 amide bonds. The third kappa shape index (κ3) is 6.35. The molecule has 0 saturated carbocycles. The van der Waals surface area contributed by atoms with Gasteiger partial charge in [-0.3, -0.25) is 4.79 Å². The smallest absolute Gasteiger partial charge is 0.336 e. The average molecular weight is 615 g/mol. The zero-order chi connectivity index (χ0) is 25.0. The number of carbonyl (C=O) groups is 1. The quantitative estimate of drug-likeness (QED) is 0.162. The number of esters is 1. The number of carbonyl (C=O) groups excluding carboxylic acids is 1. The first-order valence-electron chi connectivity index (χ1n) is 10.6. The molecule has 0 aliphatic heterocycles. The molecule has 3 aromatic rings. The van der Waals surface area contributed by atoms with Crippen LogP contribution in [-0.4, -0.2) is 31.1 Å². The summed E-state index contributed by atoms with van der Waals surface area (Å²) in [4.78, 5) is 24.8. The van der Waals surface area contributed by atoms with Crippen LogP contribution in [0.4, 0.5) is 0 Å². The molecule has 1 heterocycles. The summed E-state index contributed by atoms with van der Waals surface area (Å²) < 4.78 is 38.4. The minimum absolute atomic E-state index is 0.0825. The van der Waals surface area contributed by atoms with Crippen molar-refractivity contribution in [2.24, 2.45) is 0 Å². The molecule has 0 radical (unpaired) electrons. The van der Waals surface area contributed by atoms with Gasteiger partial charge in [-0.1, -0.05) is 49.6 Å². The van der Waals surface area contributed by atoms with Gasteiger partial charge in [-0.15, -0.1) is 0 Å². The summed E-state index contributed by atoms with van der Waals surface area (Å²) in [6, 6.07) is 9.72. The largest absolute Gasteiger partial charge is 0.426 e. The Bertz CT molecular complexity index is 1370. The number of nitrogens with one attached hydrogen (secondary N) is 1. The van der Waals surface area contributed by atoms with Crippen LogP contribution in [0, 0.1) is 20.8 Å². The SMILES string of the molecule is Cc1ccc(S(=O)(=O)NCCC(=O)Oc2c(CC(Br)CBr)cc3c(C)cc(=O)oc3c2C)cc1. The van der Waals surface area contributed by atoms with E-state index in [4.69, 9.17) is 9.15 Å². The van der Waals surface area contributed by atoms with Crippen molar-refractivity contribution in [2.75, 3.05) is 11.9 Å². The van der Waals surface area contributed by atoms with Gasteiger partial charge in [-0.05, 0) is 56.5 Å². The molecule has 1 aromatic heterocycles. The number of sulfonamides is 1. The minimum Gasteiger partial charge on any atom is -0.426 e. The Kier molecular flexibility index (Phi) is 8.72. The van der Waals surface area contributed by atoms with Gasteiger partial charge >= 0.3 is 11.6 Å². The first-order valence-corrected chi connectivity index (χ1v) is 14.1. The van der Waals surface area contributed by atoms with Gasteiger partial charge in [0.15, 0.2) is 0 Å². The predicted molar refractivity (Wildman–Crippen MR) is 139 cm³/mol. The highest BCUT2D eigenvalue weighted by Crippen LogP contribution is 2.34. The normalized spacial score (nSPS) is 12.6. The number of rotatable bonds is 9. The Labute approximate surface area is 215 Å². The van der Waals surface area contributed by atoms with E-state index in [1.807, 2.05) is 19.9 Å². The Hall–Kier alpha value is -2.01. The van der Waals surface area contributed by atoms with E-state index in [-0.39, 0.29) is 22.7 Å². The maximum Gasteiger partial charge on any atom is 0.336 e. The summed E-state index contributed by atoms with van der Waals surface area (Å²) >= 11 is 7.02. The molecule has 0 saturated heterocycles. The van der Waals surface area contributed by atoms with E-state index in [1.54, 1.807) is 19.1 Å². The van der Waals surface area contributed by atoms with E-state index in [2.05, 4.69) is 36.6 Å². The van der Waals surface area contributed by atoms with Crippen molar-refractivity contribution in [2.45, 2.75) is 43.3 Å². The fraction of sp³-hybridized carbons (Fsp3) is 0.333. The monoisotopic (exact) mass is 613 g/mol. The summed E-state index contributed by atoms with van der Waals surface area (Å²) in [5.41, 5.74) is 2.90. The van der Waals surface area contributed by atoms with E-state index in [0.717, 1.165) is 22.1 Å². The van der Waals surface area contributed by atoms with Gasteiger partial charge in [0.1, 0.15) is 11.3 Å². The molecule has 10 heteroatoms. The third-order valence-electron chi connectivity index (χ3n) is 5.28. The van der Waals surface area contributed by atoms with Gasteiger partial charge in [0.25, 0.3) is 0 Å². The van der Waals surface area contributed by atoms with E-state index in [1.165, 1.54) is 18.2 Å². The molecule has 2 aromatic carbocycles. The second kappa shape index (κ2) is 11.2. The maximum atomic E-state index is 12.6. The molecular weight excluding hydrogens is 590 g/mol. The van der Waals surface area contributed by atoms with Gasteiger partial charge in [0.2, 0.25) is 10.0 Å². The lowest BCUT2D eigenvalue weighted by Gasteiger charge is -2.17. The van der Waals surface area contributed by atoms with Crippen LogP contribution in [0.2, 0.25) is 0 Å². The highest BCUT2D eigenvalue weighted by Gasteiger charge is 2.21. The number of hydrogen-bond acceptors (Lipinski definition) is 6. The van der Waals surface area contributed by atoms with Crippen LogP contribution in [0.15, 0.2) is 50.5 Å². The molecule has 0 aliphatic carbocycles. The zero-order valence-electron chi connectivity index (χ0n) is 19.0. The van der Waals surface area contributed by atoms with Crippen LogP contribution in [0.1, 0.15) is 28.7 Å². The molecule has 0 aliphatic rings. The second-order valence-corrected chi connectivity index (χ2v) is 11.7. The first kappa shape index (κ1) is 26.6. The predicted octanol–water partition coefficient (Wildman–Crippen LogP) is 4.69. The lowest BCUT2D eigenvalue weighted by molar-refractivity contribution is -0.134. The number of benzene rings is 2. The molecule has 182 valence electrons. The summed E-state index contributed by atoms with van der Waals surface area (Å²) in [5, 5.41) is 1.45. The van der Waals surface area contributed by atoms with Gasteiger partial charge in [-0.25, -0.2) is 17.9 Å². The summed E-state index contributed by atoms with van der Waals surface area (Å²) in [7, 11) is -3.74. The summed E-state index contributed by atoms with van der Waals surface area (Å²) in [6.07, 6.45) is 0.388. The number of fused-ring (bicyclic) bond motifs is 1. The second-order valence-electron chi connectivity index (χ2n) is 8.01. The maximum absolute atomic E-state index is 12.6. The Morgan fingerprint density at radius 3 is 2.47 bits per heavy atom. The van der Waals surface area contributed by atoms with Crippen molar-refractivity contribution in [1.29, 1.82) is 0 Å². The van der Waals surface area contributed by atoms with Crippen molar-refractivity contribution >= 4 is 58.8 Å². The van der Waals surface area contributed by atoms with Crippen LogP contribution in [0.25, 0.3) is 11.0 Å². The topological polar surface area (TPSA) is 103 Å². The molecule has 7 nitrogen and oxygen atoms in total. The highest BCUT2D eigenvalue weighted by molar-refractivity contribution is 9.12. The average Bonchev–Trinajstić information content (AvgIpc) is 2.77. The lowest BCUT2D eigenvalue weighted by atomic mass is 9.99. The molecule has 3 rings (SSSR count). The van der Waals surface area contributed by atoms with E-state index >= 15 is 0 Å². The van der Waals surface area contributed by atoms with Crippen LogP contribution < -0.4 is 15.1 Å². The summed E-state index contributed by atoms with van der Waals surface area (Å²) in [6.45, 7) is 5.30. The number of halogens is 2. The van der Waals surface area contributed by atoms with Crippen molar-refractivity contribution in [3.8, 4) is 5.75 Å².